The quantitative estimate of drug-likeness (QED) is 0.157. The molecule has 0 fully saturated rings. The first-order valence-electron chi connectivity index (χ1n) is 19.5. The zero-order valence-corrected chi connectivity index (χ0v) is 31.0. The highest BCUT2D eigenvalue weighted by molar-refractivity contribution is 5.93. The molecule has 5 aromatic rings. The third-order valence-electron chi connectivity index (χ3n) is 12.7. The Morgan fingerprint density at radius 3 is 2.19 bits per heavy atom. The van der Waals surface area contributed by atoms with Crippen molar-refractivity contribution >= 4 is 16.8 Å². The molecule has 1 heteroatoms. The van der Waals surface area contributed by atoms with Crippen molar-refractivity contribution in [2.24, 2.45) is 0 Å². The number of hydrogen-bond donors (Lipinski definition) is 0. The van der Waals surface area contributed by atoms with E-state index >= 15 is 0 Å². The Balaban J connectivity index is 1.22. The topological polar surface area (TPSA) is 3.24 Å². The lowest BCUT2D eigenvalue weighted by molar-refractivity contribution is 0.660. The zero-order valence-electron chi connectivity index (χ0n) is 31.0. The summed E-state index contributed by atoms with van der Waals surface area (Å²) < 4.78 is 0. The van der Waals surface area contributed by atoms with Gasteiger partial charge in [-0.05, 0) is 110 Å². The summed E-state index contributed by atoms with van der Waals surface area (Å²) in [6.07, 6.45) is 19.6. The molecular formula is C52H45N. The van der Waals surface area contributed by atoms with E-state index in [2.05, 4.69) is 184 Å². The second-order valence-electron chi connectivity index (χ2n) is 15.8. The predicted molar refractivity (Wildman–Crippen MR) is 223 cm³/mol. The van der Waals surface area contributed by atoms with Gasteiger partial charge >= 0.3 is 0 Å². The van der Waals surface area contributed by atoms with Crippen LogP contribution in [0.1, 0.15) is 85.4 Å². The van der Waals surface area contributed by atoms with Crippen LogP contribution in [0.4, 0.5) is 5.69 Å². The lowest BCUT2D eigenvalue weighted by Gasteiger charge is -2.38. The SMILES string of the molecule is CCCC1=C(/C=C/N(C2=C(C3(c4ccccc4)C4=C(C=CC4)c4ccccc43)C=CC2)c2ccc3c(c2)C(C)(C)c2ccccc2-3)c2ccccc2C1. The minimum absolute atomic E-state index is 0.0887. The minimum Gasteiger partial charge on any atom is -0.320 e. The number of fused-ring (bicyclic) bond motifs is 6. The Kier molecular flexibility index (Phi) is 7.38. The first kappa shape index (κ1) is 32.0. The molecule has 5 aliphatic carbocycles. The zero-order chi connectivity index (χ0) is 35.7. The monoisotopic (exact) mass is 683 g/mol. The van der Waals surface area contributed by atoms with Crippen molar-refractivity contribution in [3.8, 4) is 11.1 Å². The average Bonchev–Trinajstić information content (AvgIpc) is 4.02. The van der Waals surface area contributed by atoms with Crippen LogP contribution in [0.5, 0.6) is 0 Å². The molecule has 1 unspecified atom stereocenters. The summed E-state index contributed by atoms with van der Waals surface area (Å²) in [7, 11) is 0. The fourth-order valence-corrected chi connectivity index (χ4v) is 10.4. The standard InChI is InChI=1S/C52H45N/c1-4-16-35-33-36-17-8-9-20-39(36)40(35)31-32-53(38-29-30-44-41-21-10-12-24-45(41)51(2,3)49(44)34-38)50-28-15-27-48(50)52(37-18-6-5-7-19-37)46-25-13-11-22-42(46)43-23-14-26-47(43)52/h5-15,17-25,27,29-32,34H,4,16,26,28,33H2,1-3H3/b32-31+. The van der Waals surface area contributed by atoms with Gasteiger partial charge in [0.1, 0.15) is 0 Å². The summed E-state index contributed by atoms with van der Waals surface area (Å²) in [6, 6.07) is 45.7. The van der Waals surface area contributed by atoms with Gasteiger partial charge in [0.25, 0.3) is 0 Å². The number of hydrogen-bond acceptors (Lipinski definition) is 1. The van der Waals surface area contributed by atoms with Crippen LogP contribution in [-0.2, 0) is 17.3 Å². The van der Waals surface area contributed by atoms with E-state index in [-0.39, 0.29) is 10.8 Å². The van der Waals surface area contributed by atoms with Crippen molar-refractivity contribution in [2.45, 2.75) is 63.7 Å². The molecule has 53 heavy (non-hydrogen) atoms. The van der Waals surface area contributed by atoms with E-state index in [4.69, 9.17) is 0 Å². The first-order chi connectivity index (χ1) is 26.0. The fraction of sp³-hybridized carbons (Fsp3) is 0.192. The van der Waals surface area contributed by atoms with Crippen LogP contribution in [0.25, 0.3) is 22.3 Å². The van der Waals surface area contributed by atoms with Crippen LogP contribution in [0, 0.1) is 0 Å². The highest BCUT2D eigenvalue weighted by atomic mass is 15.1. The number of nitrogens with zero attached hydrogens (tertiary/aromatic N) is 1. The number of allylic oxidation sites excluding steroid dienone is 10. The van der Waals surface area contributed by atoms with E-state index in [9.17, 15) is 0 Å². The second kappa shape index (κ2) is 12.2. The van der Waals surface area contributed by atoms with Crippen LogP contribution in [0.3, 0.4) is 0 Å². The van der Waals surface area contributed by atoms with Crippen LogP contribution in [0.2, 0.25) is 0 Å². The molecule has 0 radical (unpaired) electrons. The van der Waals surface area contributed by atoms with Gasteiger partial charge in [0.15, 0.2) is 0 Å². The fourth-order valence-electron chi connectivity index (χ4n) is 10.4. The van der Waals surface area contributed by atoms with Crippen molar-refractivity contribution in [3.63, 3.8) is 0 Å². The molecule has 0 heterocycles. The minimum atomic E-state index is -0.385. The van der Waals surface area contributed by atoms with Crippen molar-refractivity contribution < 1.29 is 0 Å². The number of rotatable bonds is 8. The van der Waals surface area contributed by atoms with Crippen LogP contribution >= 0.6 is 0 Å². The largest absolute Gasteiger partial charge is 0.320 e. The number of anilines is 1. The van der Waals surface area contributed by atoms with E-state index in [1.54, 1.807) is 5.57 Å². The van der Waals surface area contributed by atoms with E-state index in [0.717, 1.165) is 32.1 Å². The van der Waals surface area contributed by atoms with Crippen LogP contribution < -0.4 is 4.90 Å². The molecule has 0 spiro atoms. The highest BCUT2D eigenvalue weighted by Gasteiger charge is 2.50. The molecule has 0 saturated carbocycles. The molecule has 0 saturated heterocycles. The molecule has 1 nitrogen and oxygen atoms in total. The van der Waals surface area contributed by atoms with Gasteiger partial charge in [0, 0.05) is 29.4 Å². The smallest absolute Gasteiger partial charge is 0.0696 e. The molecular weight excluding hydrogens is 639 g/mol. The van der Waals surface area contributed by atoms with Crippen molar-refractivity contribution in [1.29, 1.82) is 0 Å². The molecule has 0 bridgehead atoms. The summed E-state index contributed by atoms with van der Waals surface area (Å²) >= 11 is 0. The third kappa shape index (κ3) is 4.63. The molecule has 0 amide bonds. The van der Waals surface area contributed by atoms with Crippen LogP contribution in [0.15, 0.2) is 180 Å². The molecule has 258 valence electrons. The number of benzene rings is 5. The summed E-state index contributed by atoms with van der Waals surface area (Å²) in [5.74, 6) is 0. The maximum atomic E-state index is 2.56. The summed E-state index contributed by atoms with van der Waals surface area (Å²) in [4.78, 5) is 2.56. The van der Waals surface area contributed by atoms with E-state index in [1.807, 2.05) is 0 Å². The Morgan fingerprint density at radius 1 is 0.660 bits per heavy atom. The van der Waals surface area contributed by atoms with Gasteiger partial charge in [-0.1, -0.05) is 166 Å². The molecule has 1 atom stereocenters. The van der Waals surface area contributed by atoms with Crippen molar-refractivity contribution in [2.75, 3.05) is 4.90 Å². The molecule has 0 N–H and O–H groups in total. The lowest BCUT2D eigenvalue weighted by Crippen LogP contribution is -2.32. The van der Waals surface area contributed by atoms with Crippen molar-refractivity contribution in [1.82, 2.24) is 0 Å². The molecule has 0 aliphatic heterocycles. The Morgan fingerprint density at radius 2 is 1.36 bits per heavy atom. The summed E-state index contributed by atoms with van der Waals surface area (Å²) in [6.45, 7) is 7.09. The van der Waals surface area contributed by atoms with Gasteiger partial charge in [-0.25, -0.2) is 0 Å². The second-order valence-corrected chi connectivity index (χ2v) is 15.8. The van der Waals surface area contributed by atoms with E-state index in [1.165, 1.54) is 83.7 Å². The molecule has 0 aromatic heterocycles. The Labute approximate surface area is 314 Å². The Bertz CT molecular complexity index is 2510. The summed E-state index contributed by atoms with van der Waals surface area (Å²) in [5, 5.41) is 0. The average molecular weight is 684 g/mol. The van der Waals surface area contributed by atoms with E-state index in [0.29, 0.717) is 0 Å². The maximum Gasteiger partial charge on any atom is 0.0696 e. The van der Waals surface area contributed by atoms with E-state index < -0.39 is 0 Å². The third-order valence-corrected chi connectivity index (χ3v) is 12.7. The predicted octanol–water partition coefficient (Wildman–Crippen LogP) is 13.1. The molecule has 5 aliphatic rings. The van der Waals surface area contributed by atoms with Gasteiger partial charge in [-0.15, -0.1) is 0 Å². The van der Waals surface area contributed by atoms with Crippen LogP contribution in [-0.4, -0.2) is 0 Å². The first-order valence-corrected chi connectivity index (χ1v) is 19.5. The van der Waals surface area contributed by atoms with Crippen molar-refractivity contribution in [3.05, 3.63) is 219 Å². The van der Waals surface area contributed by atoms with Gasteiger partial charge < -0.3 is 4.90 Å². The van der Waals surface area contributed by atoms with Gasteiger partial charge in [0.2, 0.25) is 0 Å². The normalized spacial score (nSPS) is 20.1. The highest BCUT2D eigenvalue weighted by Crippen LogP contribution is 2.60. The molecule has 10 rings (SSSR count). The lowest BCUT2D eigenvalue weighted by atomic mass is 9.65. The van der Waals surface area contributed by atoms with Gasteiger partial charge in [-0.3, -0.25) is 0 Å². The Hall–Kier alpha value is -5.66. The maximum absolute atomic E-state index is 2.56. The van der Waals surface area contributed by atoms with Gasteiger partial charge in [0.05, 0.1) is 5.41 Å². The summed E-state index contributed by atoms with van der Waals surface area (Å²) in [5.41, 5.74) is 21.8. The molecule has 5 aromatic carbocycles. The van der Waals surface area contributed by atoms with Gasteiger partial charge in [-0.2, -0.15) is 0 Å².